The molecule has 0 spiro atoms. The summed E-state index contributed by atoms with van der Waals surface area (Å²) < 4.78 is 1.98. The smallest absolute Gasteiger partial charge is 0.254 e. The van der Waals surface area contributed by atoms with Gasteiger partial charge in [0.25, 0.3) is 5.91 Å². The van der Waals surface area contributed by atoms with E-state index in [-0.39, 0.29) is 22.9 Å². The summed E-state index contributed by atoms with van der Waals surface area (Å²) in [5.41, 5.74) is 9.52. The van der Waals surface area contributed by atoms with E-state index in [1.807, 2.05) is 22.6 Å². The van der Waals surface area contributed by atoms with Crippen LogP contribution in [0.5, 0.6) is 0 Å². The summed E-state index contributed by atoms with van der Waals surface area (Å²) in [5, 5.41) is 5.67. The van der Waals surface area contributed by atoms with E-state index in [1.54, 1.807) is 0 Å². The number of aromatic nitrogens is 3. The second-order valence-electron chi connectivity index (χ2n) is 10.3. The molecule has 2 aromatic heterocycles. The molecule has 2 aliphatic rings. The number of aryl methyl sites for hydroxylation is 1. The lowest BCUT2D eigenvalue weighted by Crippen LogP contribution is -2.54. The Morgan fingerprint density at radius 3 is 2.50 bits per heavy atom. The highest BCUT2D eigenvalue weighted by Gasteiger charge is 2.37. The molecular formula is C22H33N5O. The summed E-state index contributed by atoms with van der Waals surface area (Å²) >= 11 is 0. The average Bonchev–Trinajstić information content (AvgIpc) is 3.39. The maximum atomic E-state index is 13.6. The highest BCUT2D eigenvalue weighted by molar-refractivity contribution is 6.06. The van der Waals surface area contributed by atoms with Crippen LogP contribution >= 0.6 is 0 Å². The quantitative estimate of drug-likeness (QED) is 0.860. The van der Waals surface area contributed by atoms with Crippen molar-refractivity contribution in [2.75, 3.05) is 13.1 Å². The molecule has 1 unspecified atom stereocenters. The Bertz CT molecular complexity index is 933. The first kappa shape index (κ1) is 19.4. The Kier molecular flexibility index (Phi) is 4.34. The van der Waals surface area contributed by atoms with E-state index in [4.69, 9.17) is 15.8 Å². The summed E-state index contributed by atoms with van der Waals surface area (Å²) in [6.45, 7) is 14.0. The van der Waals surface area contributed by atoms with Gasteiger partial charge in [0.05, 0.1) is 22.2 Å². The van der Waals surface area contributed by atoms with Crippen molar-refractivity contribution in [1.82, 2.24) is 19.7 Å². The van der Waals surface area contributed by atoms with Gasteiger partial charge in [-0.1, -0.05) is 13.8 Å². The van der Waals surface area contributed by atoms with Gasteiger partial charge >= 0.3 is 0 Å². The van der Waals surface area contributed by atoms with Crippen LogP contribution in [-0.2, 0) is 5.54 Å². The van der Waals surface area contributed by atoms with Crippen molar-refractivity contribution in [3.63, 3.8) is 0 Å². The van der Waals surface area contributed by atoms with Crippen LogP contribution in [0.15, 0.2) is 6.07 Å². The van der Waals surface area contributed by atoms with Gasteiger partial charge in [0.2, 0.25) is 0 Å². The third kappa shape index (κ3) is 3.21. The number of likely N-dealkylation sites (tertiary alicyclic amines) is 1. The lowest BCUT2D eigenvalue weighted by molar-refractivity contribution is 0.0534. The largest absolute Gasteiger partial charge is 0.338 e. The number of piperidine rings is 1. The van der Waals surface area contributed by atoms with Crippen molar-refractivity contribution in [3.05, 3.63) is 23.0 Å². The molecule has 4 rings (SSSR count). The zero-order valence-corrected chi connectivity index (χ0v) is 18.0. The lowest BCUT2D eigenvalue weighted by atomic mass is 9.79. The van der Waals surface area contributed by atoms with E-state index in [9.17, 15) is 4.79 Å². The SMILES string of the molecule is Cc1nn(C(C)(C)C)c2nc(C3CC3)cc(C(=O)N3CCC(N)C(C)(C)C3)c12. The van der Waals surface area contributed by atoms with Crippen molar-refractivity contribution in [3.8, 4) is 0 Å². The zero-order chi connectivity index (χ0) is 20.4. The third-order valence-corrected chi connectivity index (χ3v) is 6.29. The third-order valence-electron chi connectivity index (χ3n) is 6.29. The molecule has 28 heavy (non-hydrogen) atoms. The predicted molar refractivity (Wildman–Crippen MR) is 112 cm³/mol. The van der Waals surface area contributed by atoms with E-state index in [0.717, 1.165) is 47.2 Å². The zero-order valence-electron chi connectivity index (χ0n) is 18.0. The number of nitrogens with two attached hydrogens (primary N) is 1. The second-order valence-corrected chi connectivity index (χ2v) is 10.3. The lowest BCUT2D eigenvalue weighted by Gasteiger charge is -2.42. The summed E-state index contributed by atoms with van der Waals surface area (Å²) in [6, 6.07) is 2.16. The monoisotopic (exact) mass is 383 g/mol. The number of hydrogen-bond acceptors (Lipinski definition) is 4. The average molecular weight is 384 g/mol. The first-order valence-corrected chi connectivity index (χ1v) is 10.4. The fourth-order valence-electron chi connectivity index (χ4n) is 4.25. The van der Waals surface area contributed by atoms with Crippen LogP contribution in [0.1, 0.15) is 81.5 Å². The van der Waals surface area contributed by atoms with Crippen LogP contribution in [0, 0.1) is 12.3 Å². The van der Waals surface area contributed by atoms with Crippen molar-refractivity contribution in [1.29, 1.82) is 0 Å². The molecule has 1 atom stereocenters. The van der Waals surface area contributed by atoms with Crippen LogP contribution in [0.4, 0.5) is 0 Å². The Labute approximate surface area is 167 Å². The van der Waals surface area contributed by atoms with Gasteiger partial charge in [-0.2, -0.15) is 5.10 Å². The van der Waals surface area contributed by atoms with Gasteiger partial charge in [-0.3, -0.25) is 4.79 Å². The molecule has 152 valence electrons. The van der Waals surface area contributed by atoms with Gasteiger partial charge < -0.3 is 10.6 Å². The molecule has 1 saturated heterocycles. The van der Waals surface area contributed by atoms with Gasteiger partial charge in [-0.15, -0.1) is 0 Å². The van der Waals surface area contributed by atoms with E-state index in [2.05, 4.69) is 34.6 Å². The molecule has 6 heteroatoms. The Hall–Kier alpha value is -1.95. The molecule has 2 aromatic rings. The molecule has 1 aliphatic heterocycles. The molecule has 3 heterocycles. The molecule has 0 aromatic carbocycles. The Balaban J connectivity index is 1.84. The summed E-state index contributed by atoms with van der Waals surface area (Å²) in [4.78, 5) is 20.6. The van der Waals surface area contributed by atoms with Crippen molar-refractivity contribution in [2.24, 2.45) is 11.1 Å². The van der Waals surface area contributed by atoms with E-state index < -0.39 is 0 Å². The first-order chi connectivity index (χ1) is 13.0. The van der Waals surface area contributed by atoms with Crippen LogP contribution in [0.25, 0.3) is 11.0 Å². The van der Waals surface area contributed by atoms with Crippen LogP contribution in [0.3, 0.4) is 0 Å². The Morgan fingerprint density at radius 2 is 1.93 bits per heavy atom. The number of carbonyl (C=O) groups is 1. The molecule has 0 radical (unpaired) electrons. The maximum Gasteiger partial charge on any atom is 0.254 e. The van der Waals surface area contributed by atoms with Crippen molar-refractivity contribution in [2.45, 2.75) is 78.3 Å². The first-order valence-electron chi connectivity index (χ1n) is 10.4. The van der Waals surface area contributed by atoms with Crippen molar-refractivity contribution < 1.29 is 4.79 Å². The number of fused-ring (bicyclic) bond motifs is 1. The van der Waals surface area contributed by atoms with Gasteiger partial charge in [0, 0.05) is 30.7 Å². The van der Waals surface area contributed by atoms with E-state index in [1.165, 1.54) is 0 Å². The topological polar surface area (TPSA) is 77.0 Å². The molecular weight excluding hydrogens is 350 g/mol. The van der Waals surface area contributed by atoms with Crippen molar-refractivity contribution >= 4 is 16.9 Å². The van der Waals surface area contributed by atoms with Crippen LogP contribution in [0.2, 0.25) is 0 Å². The standard InChI is InChI=1S/C22H33N5O/c1-13-18-15(20(28)26-10-9-17(23)22(5,6)12-26)11-16(14-7-8-14)24-19(18)27(25-13)21(2,3)4/h11,14,17H,7-10,12,23H2,1-6H3. The normalized spacial score (nSPS) is 22.7. The van der Waals surface area contributed by atoms with E-state index in [0.29, 0.717) is 19.0 Å². The minimum absolute atomic E-state index is 0.0794. The molecule has 2 fully saturated rings. The summed E-state index contributed by atoms with van der Waals surface area (Å²) in [6.07, 6.45) is 3.14. The molecule has 6 nitrogen and oxygen atoms in total. The number of nitrogens with zero attached hydrogens (tertiary/aromatic N) is 4. The van der Waals surface area contributed by atoms with Gasteiger partial charge in [-0.25, -0.2) is 9.67 Å². The number of pyridine rings is 1. The second kappa shape index (κ2) is 6.28. The Morgan fingerprint density at radius 1 is 1.25 bits per heavy atom. The number of hydrogen-bond donors (Lipinski definition) is 1. The van der Waals surface area contributed by atoms with Gasteiger partial charge in [-0.05, 0) is 58.4 Å². The molecule has 1 saturated carbocycles. The van der Waals surface area contributed by atoms with Crippen LogP contribution in [-0.4, -0.2) is 44.7 Å². The van der Waals surface area contributed by atoms with E-state index >= 15 is 0 Å². The number of carbonyl (C=O) groups excluding carboxylic acids is 1. The van der Waals surface area contributed by atoms with Gasteiger partial charge in [0.15, 0.2) is 5.65 Å². The van der Waals surface area contributed by atoms with Crippen LogP contribution < -0.4 is 5.73 Å². The molecule has 0 bridgehead atoms. The highest BCUT2D eigenvalue weighted by Crippen LogP contribution is 2.41. The summed E-state index contributed by atoms with van der Waals surface area (Å²) in [5.74, 6) is 0.566. The molecule has 1 aliphatic carbocycles. The molecule has 2 N–H and O–H groups in total. The minimum atomic E-state index is -0.193. The minimum Gasteiger partial charge on any atom is -0.338 e. The fourth-order valence-corrected chi connectivity index (χ4v) is 4.25. The predicted octanol–water partition coefficient (Wildman–Crippen LogP) is 3.57. The fraction of sp³-hybridized carbons (Fsp3) is 0.682. The highest BCUT2D eigenvalue weighted by atomic mass is 16.2. The molecule has 1 amide bonds. The number of rotatable bonds is 2. The summed E-state index contributed by atoms with van der Waals surface area (Å²) in [7, 11) is 0. The maximum absolute atomic E-state index is 13.6. The number of amides is 1. The van der Waals surface area contributed by atoms with Gasteiger partial charge in [0.1, 0.15) is 0 Å².